The normalized spacial score (nSPS) is 11.6. The topological polar surface area (TPSA) is 120 Å². The lowest BCUT2D eigenvalue weighted by atomic mass is 9.96. The molecular formula is C27H22ClN3O5. The molecule has 36 heavy (non-hydrogen) atoms. The molecule has 1 unspecified atom stereocenters. The zero-order valence-electron chi connectivity index (χ0n) is 19.4. The molecule has 0 aliphatic carbocycles. The number of carbonyl (C=O) groups excluding carboxylic acids is 3. The molecule has 8 nitrogen and oxygen atoms in total. The maximum Gasteiger partial charge on any atom is 0.356 e. The van der Waals surface area contributed by atoms with Gasteiger partial charge >= 0.3 is 5.97 Å². The van der Waals surface area contributed by atoms with Gasteiger partial charge in [0.1, 0.15) is 5.69 Å². The third-order valence-corrected chi connectivity index (χ3v) is 5.97. The Morgan fingerprint density at radius 3 is 2.17 bits per heavy atom. The van der Waals surface area contributed by atoms with Gasteiger partial charge in [0, 0.05) is 34.3 Å². The summed E-state index contributed by atoms with van der Waals surface area (Å²) in [6.07, 6.45) is -1.19. The molecule has 1 aromatic heterocycles. The molecule has 0 radical (unpaired) electrons. The number of nitrogens with one attached hydrogen (secondary N) is 1. The number of nitrogens with two attached hydrogens (primary N) is 1. The summed E-state index contributed by atoms with van der Waals surface area (Å²) >= 11 is 6.06. The van der Waals surface area contributed by atoms with Crippen LogP contribution in [0.3, 0.4) is 0 Å². The third-order valence-electron chi connectivity index (χ3n) is 5.72. The van der Waals surface area contributed by atoms with Crippen LogP contribution < -0.4 is 16.6 Å². The second-order valence-corrected chi connectivity index (χ2v) is 8.56. The van der Waals surface area contributed by atoms with Crippen molar-refractivity contribution >= 4 is 45.8 Å². The van der Waals surface area contributed by atoms with E-state index in [1.807, 2.05) is 0 Å². The lowest BCUT2D eigenvalue weighted by Gasteiger charge is -2.19. The summed E-state index contributed by atoms with van der Waals surface area (Å²) in [7, 11) is 1.48. The summed E-state index contributed by atoms with van der Waals surface area (Å²) in [5.74, 6) is -2.02. The molecule has 0 bridgehead atoms. The third kappa shape index (κ3) is 4.85. The molecule has 4 rings (SSSR count). The van der Waals surface area contributed by atoms with Gasteiger partial charge in [-0.15, -0.1) is 0 Å². The fourth-order valence-corrected chi connectivity index (χ4v) is 3.97. The average molecular weight is 504 g/mol. The van der Waals surface area contributed by atoms with Crippen LogP contribution in [0, 0.1) is 0 Å². The lowest BCUT2D eigenvalue weighted by molar-refractivity contribution is -0.123. The van der Waals surface area contributed by atoms with Gasteiger partial charge in [-0.3, -0.25) is 14.4 Å². The second-order valence-electron chi connectivity index (χ2n) is 8.12. The van der Waals surface area contributed by atoms with Crippen LogP contribution in [0.4, 0.5) is 5.69 Å². The number of hydrogen-bond acceptors (Lipinski definition) is 5. The maximum absolute atomic E-state index is 13.4. The highest BCUT2D eigenvalue weighted by molar-refractivity contribution is 6.30. The number of nitrogens with zero attached hydrogens (tertiary/aromatic N) is 1. The van der Waals surface area contributed by atoms with E-state index >= 15 is 0 Å². The number of ether oxygens (including phenoxy) is 1. The van der Waals surface area contributed by atoms with E-state index in [1.54, 1.807) is 48.5 Å². The quantitative estimate of drug-likeness (QED) is 0.383. The minimum absolute atomic E-state index is 0.00600. The van der Waals surface area contributed by atoms with Gasteiger partial charge in [-0.25, -0.2) is 4.79 Å². The fourth-order valence-electron chi connectivity index (χ4n) is 3.84. The van der Waals surface area contributed by atoms with Crippen molar-refractivity contribution in [3.63, 3.8) is 0 Å². The van der Waals surface area contributed by atoms with E-state index in [-0.39, 0.29) is 11.3 Å². The van der Waals surface area contributed by atoms with Gasteiger partial charge in [0.2, 0.25) is 5.91 Å². The summed E-state index contributed by atoms with van der Waals surface area (Å²) in [5, 5.41) is 4.15. The molecule has 0 aliphatic heterocycles. The van der Waals surface area contributed by atoms with Crippen LogP contribution in [0.1, 0.15) is 27.8 Å². The summed E-state index contributed by atoms with van der Waals surface area (Å²) in [4.78, 5) is 50.3. The molecular weight excluding hydrogens is 482 g/mol. The van der Waals surface area contributed by atoms with E-state index in [0.717, 1.165) is 0 Å². The Hall–Kier alpha value is -4.43. The number of benzene rings is 3. The van der Waals surface area contributed by atoms with Crippen molar-refractivity contribution in [3.8, 4) is 11.1 Å². The standard InChI is InChI=1S/C27H22ClN3O5/c1-15(25(33)30-19-13-9-17(10-14-19)24(29)32)36-27(35)23-22(16-7-11-18(28)12-8-16)20-5-3-4-6-21(20)26(34)31(23)2/h3-15H,1-2H3,(H2,29,32)(H,30,33). The van der Waals surface area contributed by atoms with Crippen LogP contribution in [-0.4, -0.2) is 28.5 Å². The van der Waals surface area contributed by atoms with Gasteiger partial charge in [-0.05, 0) is 60.3 Å². The Labute approximate surface area is 211 Å². The number of rotatable bonds is 6. The molecule has 1 heterocycles. The highest BCUT2D eigenvalue weighted by atomic mass is 35.5. The van der Waals surface area contributed by atoms with Gasteiger partial charge in [0.25, 0.3) is 11.5 Å². The Kier molecular flexibility index (Phi) is 6.89. The predicted molar refractivity (Wildman–Crippen MR) is 138 cm³/mol. The SMILES string of the molecule is CC(OC(=O)c1c(-c2ccc(Cl)cc2)c2ccccc2c(=O)n1C)C(=O)Nc1ccc(C(N)=O)cc1. The largest absolute Gasteiger partial charge is 0.448 e. The molecule has 3 aromatic carbocycles. The number of hydrogen-bond donors (Lipinski definition) is 2. The van der Waals surface area contributed by atoms with E-state index in [1.165, 1.54) is 42.8 Å². The van der Waals surface area contributed by atoms with Gasteiger partial charge in [-0.2, -0.15) is 0 Å². The van der Waals surface area contributed by atoms with Crippen LogP contribution in [0.2, 0.25) is 5.02 Å². The van der Waals surface area contributed by atoms with E-state index in [2.05, 4.69) is 5.32 Å². The molecule has 1 atom stereocenters. The Balaban J connectivity index is 1.68. The van der Waals surface area contributed by atoms with Crippen LogP contribution in [0.25, 0.3) is 21.9 Å². The van der Waals surface area contributed by atoms with Crippen molar-refractivity contribution in [2.75, 3.05) is 5.32 Å². The summed E-state index contributed by atoms with van der Waals surface area (Å²) in [5.41, 5.74) is 6.69. The first kappa shape index (κ1) is 24.7. The monoisotopic (exact) mass is 503 g/mol. The van der Waals surface area contributed by atoms with Crippen molar-refractivity contribution in [2.24, 2.45) is 12.8 Å². The van der Waals surface area contributed by atoms with E-state index in [9.17, 15) is 19.2 Å². The summed E-state index contributed by atoms with van der Waals surface area (Å²) in [6, 6.07) is 19.8. The molecule has 0 saturated heterocycles. The van der Waals surface area contributed by atoms with Crippen molar-refractivity contribution < 1.29 is 19.1 Å². The predicted octanol–water partition coefficient (Wildman–Crippen LogP) is 4.14. The first-order valence-electron chi connectivity index (χ1n) is 11.0. The minimum atomic E-state index is -1.19. The number of primary amides is 1. The highest BCUT2D eigenvalue weighted by Crippen LogP contribution is 2.32. The number of amides is 2. The number of esters is 1. The molecule has 0 aliphatic rings. The van der Waals surface area contributed by atoms with Gasteiger partial charge in [0.05, 0.1) is 0 Å². The first-order chi connectivity index (χ1) is 17.2. The van der Waals surface area contributed by atoms with Crippen molar-refractivity contribution in [2.45, 2.75) is 13.0 Å². The van der Waals surface area contributed by atoms with Crippen LogP contribution >= 0.6 is 11.6 Å². The van der Waals surface area contributed by atoms with E-state index in [0.29, 0.717) is 38.2 Å². The fraction of sp³-hybridized carbons (Fsp3) is 0.111. The van der Waals surface area contributed by atoms with Crippen LogP contribution in [0.15, 0.2) is 77.6 Å². The Morgan fingerprint density at radius 2 is 1.56 bits per heavy atom. The van der Waals surface area contributed by atoms with Gasteiger partial charge in [-0.1, -0.05) is 41.9 Å². The summed E-state index contributed by atoms with van der Waals surface area (Å²) < 4.78 is 6.72. The Morgan fingerprint density at radius 1 is 0.944 bits per heavy atom. The van der Waals surface area contributed by atoms with Crippen molar-refractivity contribution in [1.29, 1.82) is 0 Å². The number of fused-ring (bicyclic) bond motifs is 1. The number of halogens is 1. The number of aromatic nitrogens is 1. The van der Waals surface area contributed by atoms with Crippen LogP contribution in [-0.2, 0) is 16.6 Å². The van der Waals surface area contributed by atoms with E-state index in [4.69, 9.17) is 22.1 Å². The second kappa shape index (κ2) is 10.1. The van der Waals surface area contributed by atoms with Gasteiger partial charge in [0.15, 0.2) is 6.10 Å². The van der Waals surface area contributed by atoms with Crippen molar-refractivity contribution in [3.05, 3.63) is 99.4 Å². The average Bonchev–Trinajstić information content (AvgIpc) is 2.86. The summed E-state index contributed by atoms with van der Waals surface area (Å²) in [6.45, 7) is 1.42. The zero-order valence-corrected chi connectivity index (χ0v) is 20.2. The highest BCUT2D eigenvalue weighted by Gasteiger charge is 2.26. The molecule has 0 spiro atoms. The lowest BCUT2D eigenvalue weighted by Crippen LogP contribution is -2.33. The minimum Gasteiger partial charge on any atom is -0.448 e. The number of anilines is 1. The van der Waals surface area contributed by atoms with Crippen molar-refractivity contribution in [1.82, 2.24) is 4.57 Å². The smallest absolute Gasteiger partial charge is 0.356 e. The molecule has 9 heteroatoms. The molecule has 182 valence electrons. The maximum atomic E-state index is 13.4. The van der Waals surface area contributed by atoms with Gasteiger partial charge < -0.3 is 20.4 Å². The number of pyridine rings is 1. The molecule has 4 aromatic rings. The molecule has 0 fully saturated rings. The van der Waals surface area contributed by atoms with E-state index < -0.39 is 23.9 Å². The number of carbonyl (C=O) groups is 3. The Bertz CT molecular complexity index is 1540. The first-order valence-corrected chi connectivity index (χ1v) is 11.3. The van der Waals surface area contributed by atoms with Crippen LogP contribution in [0.5, 0.6) is 0 Å². The molecule has 0 saturated carbocycles. The molecule has 2 amide bonds. The molecule has 3 N–H and O–H groups in total. The zero-order chi connectivity index (χ0) is 26.0.